The van der Waals surface area contributed by atoms with Crippen molar-refractivity contribution < 1.29 is 19.1 Å². The van der Waals surface area contributed by atoms with Crippen LogP contribution in [0.3, 0.4) is 0 Å². The zero-order valence-corrected chi connectivity index (χ0v) is 35.8. The van der Waals surface area contributed by atoms with Gasteiger partial charge in [-0.05, 0) is 107 Å². The maximum absolute atomic E-state index is 12.7. The van der Waals surface area contributed by atoms with Crippen molar-refractivity contribution in [3.8, 4) is 11.5 Å². The van der Waals surface area contributed by atoms with E-state index in [9.17, 15) is 9.90 Å². The van der Waals surface area contributed by atoms with Crippen molar-refractivity contribution in [2.24, 2.45) is 0 Å². The number of ether oxygens (including phenoxy) is 1. The fraction of sp³-hybridized carbons (Fsp3) is 0.367. The van der Waals surface area contributed by atoms with Crippen LogP contribution in [0.5, 0.6) is 11.5 Å². The van der Waals surface area contributed by atoms with Gasteiger partial charge in [-0.3, -0.25) is 0 Å². The van der Waals surface area contributed by atoms with Crippen LogP contribution in [0.15, 0.2) is 133 Å². The predicted octanol–water partition coefficient (Wildman–Crippen LogP) is 7.59. The van der Waals surface area contributed by atoms with Gasteiger partial charge in [0, 0.05) is 37.9 Å². The number of urea groups is 1. The molecule has 4 N–H and O–H groups in total. The highest BCUT2D eigenvalue weighted by Gasteiger charge is 2.52. The third kappa shape index (κ3) is 11.5. The van der Waals surface area contributed by atoms with Crippen LogP contribution in [-0.2, 0) is 19.3 Å². The standard InChI is InChI=1S/C49H62N4O4Si/c1-5-38-16-18-39(19-17-38)29-33-51-48(55)53-34-30-42(31-35-53)52-41-22-20-40(21-23-41)28-32-50-36-43(54)37-56-44-24-26-45(27-25-44)57-58(49(2,3)4,46-12-8-6-9-13-46)47-14-10-7-11-15-47/h6-27,42-43,50,52,54H,5,28-37H2,1-4H3,(H,51,55)/t43-/m0/s1. The maximum Gasteiger partial charge on any atom is 0.319 e. The molecule has 1 saturated heterocycles. The lowest BCUT2D eigenvalue weighted by Crippen LogP contribution is -2.68. The number of rotatable bonds is 18. The Morgan fingerprint density at radius 2 is 1.28 bits per heavy atom. The number of nitrogens with zero attached hydrogens (tertiary/aromatic N) is 1. The van der Waals surface area contributed by atoms with Gasteiger partial charge in [-0.15, -0.1) is 0 Å². The van der Waals surface area contributed by atoms with E-state index in [0.717, 1.165) is 63.2 Å². The molecule has 1 aliphatic rings. The minimum Gasteiger partial charge on any atom is -0.534 e. The van der Waals surface area contributed by atoms with Gasteiger partial charge < -0.3 is 35.1 Å². The summed E-state index contributed by atoms with van der Waals surface area (Å²) in [4.78, 5) is 14.7. The maximum atomic E-state index is 12.7. The van der Waals surface area contributed by atoms with Crippen molar-refractivity contribution in [3.05, 3.63) is 150 Å². The first kappa shape index (κ1) is 42.5. The molecule has 0 saturated carbocycles. The van der Waals surface area contributed by atoms with E-state index in [1.165, 1.54) is 27.1 Å². The SMILES string of the molecule is CCc1ccc(CCNC(=O)N2CCC(Nc3ccc(CCNC[C@H](O)COc4ccc(O[Si](c5ccccc5)(c5ccccc5)C(C)(C)C)cc4)cc3)CC2)cc1. The van der Waals surface area contributed by atoms with Gasteiger partial charge in [-0.25, -0.2) is 4.79 Å². The fourth-order valence-electron chi connectivity index (χ4n) is 7.78. The Balaban J connectivity index is 0.875. The molecule has 1 aliphatic heterocycles. The quantitative estimate of drug-likeness (QED) is 0.0540. The number of aliphatic hydroxyl groups excluding tert-OH is 1. The zero-order valence-electron chi connectivity index (χ0n) is 34.8. The van der Waals surface area contributed by atoms with Crippen molar-refractivity contribution in [1.29, 1.82) is 0 Å². The molecular weight excluding hydrogens is 737 g/mol. The Morgan fingerprint density at radius 1 is 0.741 bits per heavy atom. The number of likely N-dealkylation sites (tertiary alicyclic amines) is 1. The first-order chi connectivity index (χ1) is 28.1. The van der Waals surface area contributed by atoms with E-state index >= 15 is 0 Å². The van der Waals surface area contributed by atoms with Gasteiger partial charge in [0.15, 0.2) is 0 Å². The summed E-state index contributed by atoms with van der Waals surface area (Å²) in [7, 11) is -2.72. The van der Waals surface area contributed by atoms with Crippen LogP contribution in [0.4, 0.5) is 10.5 Å². The second kappa shape index (κ2) is 20.5. The van der Waals surface area contributed by atoms with Crippen molar-refractivity contribution in [2.75, 3.05) is 44.6 Å². The number of piperidine rings is 1. The highest BCUT2D eigenvalue weighted by molar-refractivity contribution is 7.00. The summed E-state index contributed by atoms with van der Waals surface area (Å²) in [6.45, 7) is 12.5. The van der Waals surface area contributed by atoms with E-state index in [-0.39, 0.29) is 17.7 Å². The van der Waals surface area contributed by atoms with Crippen LogP contribution in [0.2, 0.25) is 5.04 Å². The number of hydrogen-bond acceptors (Lipinski definition) is 6. The monoisotopic (exact) mass is 798 g/mol. The average molecular weight is 799 g/mol. The van der Waals surface area contributed by atoms with E-state index in [1.807, 2.05) is 29.2 Å². The lowest BCUT2D eigenvalue weighted by molar-refractivity contribution is 0.106. The fourth-order valence-corrected chi connectivity index (χ4v) is 12.2. The number of aryl methyl sites for hydroxylation is 1. The average Bonchev–Trinajstić information content (AvgIpc) is 3.25. The van der Waals surface area contributed by atoms with E-state index in [0.29, 0.717) is 24.9 Å². The molecule has 1 fully saturated rings. The minimum atomic E-state index is -2.72. The van der Waals surface area contributed by atoms with Gasteiger partial charge in [-0.2, -0.15) is 0 Å². The van der Waals surface area contributed by atoms with Crippen molar-refractivity contribution in [3.63, 3.8) is 0 Å². The minimum absolute atomic E-state index is 0.0326. The highest BCUT2D eigenvalue weighted by Crippen LogP contribution is 2.38. The third-order valence-electron chi connectivity index (χ3n) is 11.2. The first-order valence-corrected chi connectivity index (χ1v) is 22.9. The summed E-state index contributed by atoms with van der Waals surface area (Å²) in [5, 5.41) is 23.1. The van der Waals surface area contributed by atoms with E-state index < -0.39 is 14.4 Å². The number of amides is 2. The van der Waals surface area contributed by atoms with Crippen LogP contribution < -0.4 is 35.5 Å². The lowest BCUT2D eigenvalue weighted by atomic mass is 10.0. The Morgan fingerprint density at radius 3 is 1.84 bits per heavy atom. The number of aliphatic hydroxyl groups is 1. The van der Waals surface area contributed by atoms with Crippen LogP contribution >= 0.6 is 0 Å². The molecule has 0 aliphatic carbocycles. The molecule has 0 spiro atoms. The van der Waals surface area contributed by atoms with Crippen molar-refractivity contribution in [1.82, 2.24) is 15.5 Å². The Hall–Kier alpha value is -5.09. The Kier molecular flexibility index (Phi) is 15.1. The van der Waals surface area contributed by atoms with Crippen LogP contribution in [-0.4, -0.2) is 75.8 Å². The number of hydrogen-bond donors (Lipinski definition) is 4. The molecular formula is C49H62N4O4Si. The normalized spacial score (nSPS) is 14.1. The summed E-state index contributed by atoms with van der Waals surface area (Å²) >= 11 is 0. The van der Waals surface area contributed by atoms with Gasteiger partial charge in [0.25, 0.3) is 0 Å². The largest absolute Gasteiger partial charge is 0.534 e. The van der Waals surface area contributed by atoms with E-state index in [2.05, 4.69) is 153 Å². The summed E-state index contributed by atoms with van der Waals surface area (Å²) in [5.74, 6) is 1.49. The Labute approximate surface area is 347 Å². The molecule has 1 atom stereocenters. The van der Waals surface area contributed by atoms with Crippen LogP contribution in [0.1, 0.15) is 57.2 Å². The molecule has 0 radical (unpaired) electrons. The first-order valence-electron chi connectivity index (χ1n) is 21.0. The van der Waals surface area contributed by atoms with Crippen LogP contribution in [0, 0.1) is 0 Å². The highest BCUT2D eigenvalue weighted by atomic mass is 28.4. The molecule has 6 rings (SSSR count). The van der Waals surface area contributed by atoms with Gasteiger partial charge in [0.2, 0.25) is 0 Å². The predicted molar refractivity (Wildman–Crippen MR) is 240 cm³/mol. The molecule has 5 aromatic rings. The summed E-state index contributed by atoms with van der Waals surface area (Å²) in [6, 6.07) is 46.6. The number of nitrogens with one attached hydrogen (secondary N) is 3. The van der Waals surface area contributed by atoms with Gasteiger partial charge in [0.05, 0.1) is 0 Å². The molecule has 306 valence electrons. The van der Waals surface area contributed by atoms with Crippen LogP contribution in [0.25, 0.3) is 0 Å². The molecule has 0 aromatic heterocycles. The molecule has 8 nitrogen and oxygen atoms in total. The smallest absolute Gasteiger partial charge is 0.319 e. The second-order valence-corrected chi connectivity index (χ2v) is 20.6. The topological polar surface area (TPSA) is 95.1 Å². The van der Waals surface area contributed by atoms with E-state index in [4.69, 9.17) is 9.16 Å². The van der Waals surface area contributed by atoms with Gasteiger partial charge in [0.1, 0.15) is 24.2 Å². The van der Waals surface area contributed by atoms with Gasteiger partial charge >= 0.3 is 14.3 Å². The summed E-state index contributed by atoms with van der Waals surface area (Å²) in [6.07, 6.45) is 3.95. The summed E-state index contributed by atoms with van der Waals surface area (Å²) in [5.41, 5.74) is 4.92. The number of anilines is 1. The third-order valence-corrected chi connectivity index (χ3v) is 16.1. The lowest BCUT2D eigenvalue weighted by Gasteiger charge is -2.43. The molecule has 0 unspecified atom stereocenters. The molecule has 9 heteroatoms. The molecule has 58 heavy (non-hydrogen) atoms. The van der Waals surface area contributed by atoms with Crippen molar-refractivity contribution >= 4 is 30.4 Å². The Bertz CT molecular complexity index is 1920. The molecule has 0 bridgehead atoms. The number of carbonyl (C=O) groups is 1. The second-order valence-electron chi connectivity index (χ2n) is 16.4. The number of carbonyl (C=O) groups excluding carboxylic acids is 1. The van der Waals surface area contributed by atoms with Crippen molar-refractivity contribution in [2.45, 2.75) is 77.0 Å². The zero-order chi connectivity index (χ0) is 40.8. The summed E-state index contributed by atoms with van der Waals surface area (Å²) < 4.78 is 13.1. The molecule has 2 amide bonds. The number of benzene rings is 5. The van der Waals surface area contributed by atoms with Gasteiger partial charge in [-0.1, -0.05) is 125 Å². The molecule has 1 heterocycles. The molecule has 5 aromatic carbocycles. The van der Waals surface area contributed by atoms with E-state index in [1.54, 1.807) is 0 Å².